The molecule has 1 aromatic heterocycles. The normalized spacial score (nSPS) is 15.7. The van der Waals surface area contributed by atoms with Gasteiger partial charge >= 0.3 is 6.09 Å². The molecule has 1 fully saturated rings. The second kappa shape index (κ2) is 4.99. The van der Waals surface area contributed by atoms with Gasteiger partial charge in [-0.25, -0.2) is 9.18 Å². The number of halogens is 1. The number of hydrogen-bond acceptors (Lipinski definition) is 3. The molecule has 1 saturated heterocycles. The number of nitrogens with zero attached hydrogens (tertiary/aromatic N) is 1. The largest absolute Gasteiger partial charge is 0.416 e. The molecule has 0 saturated carbocycles. The Balaban J connectivity index is 2.02. The van der Waals surface area contributed by atoms with E-state index >= 15 is 0 Å². The summed E-state index contributed by atoms with van der Waals surface area (Å²) in [5, 5.41) is 0. The molecule has 1 aromatic rings. The van der Waals surface area contributed by atoms with Crippen LogP contribution in [0.25, 0.3) is 0 Å². The second-order valence-electron chi connectivity index (χ2n) is 3.92. The molecule has 2 heterocycles. The Morgan fingerprint density at radius 3 is 2.65 bits per heavy atom. The summed E-state index contributed by atoms with van der Waals surface area (Å²) in [6.45, 7) is 1.31. The zero-order valence-corrected chi connectivity index (χ0v) is 9.24. The fraction of sp³-hybridized carbons (Fsp3) is 0.455. The molecule has 0 aliphatic carbocycles. The van der Waals surface area contributed by atoms with Gasteiger partial charge in [0.05, 0.1) is 0 Å². The van der Waals surface area contributed by atoms with Crippen LogP contribution < -0.4 is 10.3 Å². The highest BCUT2D eigenvalue weighted by Crippen LogP contribution is 2.11. The van der Waals surface area contributed by atoms with E-state index in [2.05, 4.69) is 4.98 Å². The van der Waals surface area contributed by atoms with E-state index < -0.39 is 17.5 Å². The number of pyridine rings is 1. The maximum absolute atomic E-state index is 12.7. The number of amides is 1. The van der Waals surface area contributed by atoms with Gasteiger partial charge in [0, 0.05) is 19.2 Å². The molecule has 1 N–H and O–H groups in total. The number of hydrogen-bond donors (Lipinski definition) is 1. The van der Waals surface area contributed by atoms with Gasteiger partial charge in [0.25, 0.3) is 5.56 Å². The third-order valence-electron chi connectivity index (χ3n) is 2.65. The first-order chi connectivity index (χ1) is 8.16. The number of rotatable bonds is 1. The standard InChI is InChI=1S/C11H13FN2O3/c12-8-4-5-9(13-10(8)15)17-11(16)14-6-2-1-3-7-14/h4-5H,1-3,6-7H2,(H,13,15). The van der Waals surface area contributed by atoms with Crippen molar-refractivity contribution in [2.24, 2.45) is 0 Å². The van der Waals surface area contributed by atoms with Crippen LogP contribution >= 0.6 is 0 Å². The first-order valence-corrected chi connectivity index (χ1v) is 5.52. The molecule has 1 aliphatic rings. The Bertz CT molecular complexity index is 466. The molecule has 1 aliphatic heterocycles. The van der Waals surface area contributed by atoms with Crippen LogP contribution in [0.15, 0.2) is 16.9 Å². The van der Waals surface area contributed by atoms with Gasteiger partial charge in [-0.15, -0.1) is 0 Å². The lowest BCUT2D eigenvalue weighted by atomic mass is 10.1. The third-order valence-corrected chi connectivity index (χ3v) is 2.65. The predicted octanol–water partition coefficient (Wildman–Crippen LogP) is 1.50. The molecule has 0 atom stereocenters. The van der Waals surface area contributed by atoms with Crippen LogP contribution in [0, 0.1) is 5.82 Å². The molecule has 0 unspecified atom stereocenters. The maximum Gasteiger partial charge on any atom is 0.416 e. The van der Waals surface area contributed by atoms with Crippen LogP contribution in [-0.4, -0.2) is 29.1 Å². The van der Waals surface area contributed by atoms with Crippen molar-refractivity contribution >= 4 is 6.09 Å². The zero-order valence-electron chi connectivity index (χ0n) is 9.24. The van der Waals surface area contributed by atoms with Crippen molar-refractivity contribution in [2.45, 2.75) is 19.3 Å². The van der Waals surface area contributed by atoms with E-state index in [0.29, 0.717) is 13.1 Å². The molecule has 0 radical (unpaired) electrons. The van der Waals surface area contributed by atoms with E-state index in [1.165, 1.54) is 6.07 Å². The number of carbonyl (C=O) groups is 1. The van der Waals surface area contributed by atoms with Gasteiger partial charge < -0.3 is 9.64 Å². The Kier molecular flexibility index (Phi) is 3.41. The van der Waals surface area contributed by atoms with E-state index in [1.54, 1.807) is 4.90 Å². The molecule has 2 rings (SSSR count). The van der Waals surface area contributed by atoms with Gasteiger partial charge in [-0.2, -0.15) is 0 Å². The Morgan fingerprint density at radius 1 is 1.29 bits per heavy atom. The van der Waals surface area contributed by atoms with Gasteiger partial charge in [0.15, 0.2) is 5.82 Å². The third kappa shape index (κ3) is 2.83. The zero-order chi connectivity index (χ0) is 12.3. The summed E-state index contributed by atoms with van der Waals surface area (Å²) in [4.78, 5) is 26.3. The maximum atomic E-state index is 12.7. The molecular weight excluding hydrogens is 227 g/mol. The lowest BCUT2D eigenvalue weighted by Crippen LogP contribution is -2.37. The summed E-state index contributed by atoms with van der Waals surface area (Å²) in [5.41, 5.74) is -0.894. The van der Waals surface area contributed by atoms with Gasteiger partial charge in [-0.3, -0.25) is 9.78 Å². The van der Waals surface area contributed by atoms with Crippen molar-refractivity contribution in [2.75, 3.05) is 13.1 Å². The number of aromatic amines is 1. The van der Waals surface area contributed by atoms with Crippen LogP contribution in [-0.2, 0) is 0 Å². The molecule has 0 aromatic carbocycles. The minimum absolute atomic E-state index is 0.0352. The number of ether oxygens (including phenoxy) is 1. The number of piperidine rings is 1. The number of aromatic nitrogens is 1. The van der Waals surface area contributed by atoms with E-state index in [9.17, 15) is 14.0 Å². The van der Waals surface area contributed by atoms with Gasteiger partial charge in [0.1, 0.15) is 0 Å². The average molecular weight is 240 g/mol. The SMILES string of the molecule is O=C(Oc1ccc(F)c(=O)[nH]1)N1CCCCC1. The number of carbonyl (C=O) groups excluding carboxylic acids is 1. The van der Waals surface area contributed by atoms with Crippen molar-refractivity contribution in [1.82, 2.24) is 9.88 Å². The van der Waals surface area contributed by atoms with Crippen LogP contribution in [0.1, 0.15) is 19.3 Å². The Morgan fingerprint density at radius 2 is 2.00 bits per heavy atom. The second-order valence-corrected chi connectivity index (χ2v) is 3.92. The summed E-state index contributed by atoms with van der Waals surface area (Å²) < 4.78 is 17.7. The van der Waals surface area contributed by atoms with Gasteiger partial charge in [-0.05, 0) is 25.3 Å². The van der Waals surface area contributed by atoms with E-state index in [1.807, 2.05) is 0 Å². The minimum atomic E-state index is -0.900. The van der Waals surface area contributed by atoms with Crippen molar-refractivity contribution in [3.8, 4) is 5.88 Å². The molecule has 1 amide bonds. The monoisotopic (exact) mass is 240 g/mol. The Hall–Kier alpha value is -1.85. The van der Waals surface area contributed by atoms with Crippen LogP contribution in [0.2, 0.25) is 0 Å². The summed E-state index contributed by atoms with van der Waals surface area (Å²) in [6, 6.07) is 2.19. The van der Waals surface area contributed by atoms with Crippen molar-refractivity contribution < 1.29 is 13.9 Å². The summed E-state index contributed by atoms with van der Waals surface area (Å²) >= 11 is 0. The summed E-state index contributed by atoms with van der Waals surface area (Å²) in [6.07, 6.45) is 2.51. The molecule has 0 spiro atoms. The first kappa shape index (κ1) is 11.6. The number of nitrogens with one attached hydrogen (secondary N) is 1. The molecule has 0 bridgehead atoms. The van der Waals surface area contributed by atoms with E-state index in [4.69, 9.17) is 4.74 Å². The molecule has 17 heavy (non-hydrogen) atoms. The summed E-state index contributed by atoms with van der Waals surface area (Å²) in [5.74, 6) is -0.935. The smallest absolute Gasteiger partial charge is 0.393 e. The fourth-order valence-electron chi connectivity index (χ4n) is 1.73. The van der Waals surface area contributed by atoms with Crippen LogP contribution in [0.3, 0.4) is 0 Å². The van der Waals surface area contributed by atoms with E-state index in [0.717, 1.165) is 25.3 Å². The quantitative estimate of drug-likeness (QED) is 0.809. The predicted molar refractivity (Wildman–Crippen MR) is 58.5 cm³/mol. The average Bonchev–Trinajstić information content (AvgIpc) is 2.35. The topological polar surface area (TPSA) is 62.4 Å². The highest BCUT2D eigenvalue weighted by Gasteiger charge is 2.18. The van der Waals surface area contributed by atoms with Gasteiger partial charge in [-0.1, -0.05) is 0 Å². The molecule has 92 valence electrons. The fourth-order valence-corrected chi connectivity index (χ4v) is 1.73. The van der Waals surface area contributed by atoms with Crippen LogP contribution in [0.4, 0.5) is 9.18 Å². The summed E-state index contributed by atoms with van der Waals surface area (Å²) in [7, 11) is 0. The van der Waals surface area contributed by atoms with Gasteiger partial charge in [0.2, 0.25) is 5.88 Å². The minimum Gasteiger partial charge on any atom is -0.393 e. The lowest BCUT2D eigenvalue weighted by Gasteiger charge is -2.25. The first-order valence-electron chi connectivity index (χ1n) is 5.52. The van der Waals surface area contributed by atoms with Crippen molar-refractivity contribution in [3.05, 3.63) is 28.3 Å². The Labute approximate surface area is 97.2 Å². The lowest BCUT2D eigenvalue weighted by molar-refractivity contribution is 0.140. The number of likely N-dealkylation sites (tertiary alicyclic amines) is 1. The van der Waals surface area contributed by atoms with Crippen molar-refractivity contribution in [1.29, 1.82) is 0 Å². The highest BCUT2D eigenvalue weighted by atomic mass is 19.1. The highest BCUT2D eigenvalue weighted by molar-refractivity contribution is 5.70. The van der Waals surface area contributed by atoms with Crippen molar-refractivity contribution in [3.63, 3.8) is 0 Å². The molecular formula is C11H13FN2O3. The molecule has 6 heteroatoms. The van der Waals surface area contributed by atoms with E-state index in [-0.39, 0.29) is 5.88 Å². The van der Waals surface area contributed by atoms with Crippen LogP contribution in [0.5, 0.6) is 5.88 Å². The molecule has 5 nitrogen and oxygen atoms in total. The number of H-pyrrole nitrogens is 1.